The molecule has 6 nitrogen and oxygen atoms in total. The summed E-state index contributed by atoms with van der Waals surface area (Å²) < 4.78 is 38.9. The smallest absolute Gasteiger partial charge is 0.391 e. The lowest BCUT2D eigenvalue weighted by Crippen LogP contribution is -2.23. The summed E-state index contributed by atoms with van der Waals surface area (Å²) in [6.07, 6.45) is -1.10. The lowest BCUT2D eigenvalue weighted by Gasteiger charge is -2.18. The zero-order valence-electron chi connectivity index (χ0n) is 14.1. The molecule has 1 atom stereocenters. The average molecular weight is 375 g/mol. The van der Waals surface area contributed by atoms with Crippen LogP contribution in [0.5, 0.6) is 0 Å². The second-order valence-electron chi connectivity index (χ2n) is 6.36. The number of alkyl halides is 3. The van der Waals surface area contributed by atoms with Gasteiger partial charge in [-0.25, -0.2) is 4.98 Å². The van der Waals surface area contributed by atoms with E-state index < -0.39 is 17.8 Å². The maximum absolute atomic E-state index is 13.0. The molecule has 9 heteroatoms. The molecule has 2 N–H and O–H groups in total. The van der Waals surface area contributed by atoms with E-state index in [0.717, 1.165) is 12.1 Å². The molecule has 0 bridgehead atoms. The number of nitrogens with one attached hydrogen (secondary N) is 1. The van der Waals surface area contributed by atoms with Gasteiger partial charge in [0, 0.05) is 31.2 Å². The first kappa shape index (κ1) is 17.5. The average Bonchev–Trinajstić information content (AvgIpc) is 3.08. The summed E-state index contributed by atoms with van der Waals surface area (Å²) in [4.78, 5) is 14.9. The highest BCUT2D eigenvalue weighted by Gasteiger charge is 2.30. The van der Waals surface area contributed by atoms with Crippen molar-refractivity contribution in [2.45, 2.75) is 18.7 Å². The number of nitrogens with zero attached hydrogens (tertiary/aromatic N) is 4. The topological polar surface area (TPSA) is 74.2 Å². The summed E-state index contributed by atoms with van der Waals surface area (Å²) in [5, 5.41) is 13.3. The van der Waals surface area contributed by atoms with Crippen LogP contribution in [-0.2, 0) is 6.18 Å². The number of aliphatic hydroxyl groups excluding tert-OH is 1. The van der Waals surface area contributed by atoms with Crippen LogP contribution in [0.15, 0.2) is 42.7 Å². The van der Waals surface area contributed by atoms with Crippen LogP contribution in [0.25, 0.3) is 10.9 Å². The molecule has 0 amide bonds. The zero-order valence-corrected chi connectivity index (χ0v) is 14.1. The Balaban J connectivity index is 1.74. The molecule has 1 aliphatic rings. The normalized spacial score (nSPS) is 17.5. The lowest BCUT2D eigenvalue weighted by molar-refractivity contribution is -0.137. The summed E-state index contributed by atoms with van der Waals surface area (Å²) >= 11 is 0. The third-order valence-electron chi connectivity index (χ3n) is 4.38. The number of pyridine rings is 1. The van der Waals surface area contributed by atoms with Crippen LogP contribution < -0.4 is 10.2 Å². The Morgan fingerprint density at radius 2 is 2.04 bits per heavy atom. The van der Waals surface area contributed by atoms with Gasteiger partial charge in [0.15, 0.2) is 0 Å². The molecule has 0 saturated carbocycles. The Hall–Kier alpha value is -2.94. The molecule has 1 saturated heterocycles. The van der Waals surface area contributed by atoms with Crippen molar-refractivity contribution in [3.8, 4) is 0 Å². The van der Waals surface area contributed by atoms with Crippen LogP contribution in [0.4, 0.5) is 30.6 Å². The molecule has 27 heavy (non-hydrogen) atoms. The molecule has 140 valence electrons. The summed E-state index contributed by atoms with van der Waals surface area (Å²) in [6.45, 7) is 1.03. The number of halogens is 3. The van der Waals surface area contributed by atoms with Crippen molar-refractivity contribution >= 4 is 28.4 Å². The highest BCUT2D eigenvalue weighted by atomic mass is 19.4. The van der Waals surface area contributed by atoms with Crippen LogP contribution in [0, 0.1) is 0 Å². The fourth-order valence-corrected chi connectivity index (χ4v) is 3.03. The Bertz CT molecular complexity index is 979. The Kier molecular flexibility index (Phi) is 4.31. The number of hydrogen-bond donors (Lipinski definition) is 2. The molecule has 4 rings (SSSR count). The molecule has 3 aromatic rings. The van der Waals surface area contributed by atoms with Crippen LogP contribution in [0.2, 0.25) is 0 Å². The number of aromatic nitrogens is 3. The predicted octanol–water partition coefficient (Wildman–Crippen LogP) is 3.36. The molecule has 0 spiro atoms. The SMILES string of the molecule is O[C@@H]1CCN(c2nc(Nc3cccc(C(F)(F)F)c3)c3cnccc3n2)C1. The van der Waals surface area contributed by atoms with Gasteiger partial charge in [-0.05, 0) is 30.7 Å². The summed E-state index contributed by atoms with van der Waals surface area (Å²) in [7, 11) is 0. The van der Waals surface area contributed by atoms with E-state index in [-0.39, 0.29) is 5.69 Å². The molecule has 0 unspecified atom stereocenters. The second kappa shape index (κ2) is 6.66. The van der Waals surface area contributed by atoms with E-state index in [1.165, 1.54) is 6.07 Å². The van der Waals surface area contributed by atoms with Crippen LogP contribution in [0.3, 0.4) is 0 Å². The van der Waals surface area contributed by atoms with Gasteiger partial charge in [-0.1, -0.05) is 6.07 Å². The molecule has 0 aliphatic carbocycles. The maximum atomic E-state index is 13.0. The minimum atomic E-state index is -4.43. The Morgan fingerprint density at radius 1 is 1.19 bits per heavy atom. The predicted molar refractivity (Wildman–Crippen MR) is 94.9 cm³/mol. The first-order valence-electron chi connectivity index (χ1n) is 8.39. The quantitative estimate of drug-likeness (QED) is 0.731. The summed E-state index contributed by atoms with van der Waals surface area (Å²) in [6, 6.07) is 6.64. The molecular formula is C18H16F3N5O. The van der Waals surface area contributed by atoms with E-state index in [1.807, 2.05) is 4.90 Å². The molecule has 1 fully saturated rings. The second-order valence-corrected chi connectivity index (χ2v) is 6.36. The van der Waals surface area contributed by atoms with Gasteiger partial charge < -0.3 is 15.3 Å². The summed E-state index contributed by atoms with van der Waals surface area (Å²) in [5.74, 6) is 0.781. The number of β-amino-alcohol motifs (C(OH)–C–C–N with tert-alkyl or cyclic N) is 1. The van der Waals surface area contributed by atoms with Crippen molar-refractivity contribution < 1.29 is 18.3 Å². The fraction of sp³-hybridized carbons (Fsp3) is 0.278. The van der Waals surface area contributed by atoms with E-state index in [2.05, 4.69) is 20.3 Å². The number of fused-ring (bicyclic) bond motifs is 1. The third-order valence-corrected chi connectivity index (χ3v) is 4.38. The van der Waals surface area contributed by atoms with Gasteiger partial charge in [-0.3, -0.25) is 4.98 Å². The van der Waals surface area contributed by atoms with Crippen molar-refractivity contribution in [3.05, 3.63) is 48.3 Å². The third kappa shape index (κ3) is 3.63. The van der Waals surface area contributed by atoms with Gasteiger partial charge >= 0.3 is 6.18 Å². The van der Waals surface area contributed by atoms with Gasteiger partial charge in [0.2, 0.25) is 5.95 Å². The molecule has 0 radical (unpaired) electrons. The first-order valence-corrected chi connectivity index (χ1v) is 8.39. The van der Waals surface area contributed by atoms with Gasteiger partial charge in [-0.2, -0.15) is 18.2 Å². The van der Waals surface area contributed by atoms with Crippen molar-refractivity contribution in [3.63, 3.8) is 0 Å². The van der Waals surface area contributed by atoms with Crippen LogP contribution >= 0.6 is 0 Å². The minimum absolute atomic E-state index is 0.265. The standard InChI is InChI=1S/C18H16F3N5O/c19-18(20,21)11-2-1-3-12(8-11)23-16-14-9-22-6-4-15(14)24-17(25-16)26-7-5-13(27)10-26/h1-4,6,8-9,13,27H,5,7,10H2,(H,23,24,25)/t13-/m1/s1. The summed E-state index contributed by atoms with van der Waals surface area (Å²) in [5.41, 5.74) is 0.138. The first-order chi connectivity index (χ1) is 12.9. The van der Waals surface area contributed by atoms with Crippen LogP contribution in [-0.4, -0.2) is 39.3 Å². The number of hydrogen-bond acceptors (Lipinski definition) is 6. The lowest BCUT2D eigenvalue weighted by atomic mass is 10.2. The highest BCUT2D eigenvalue weighted by Crippen LogP contribution is 2.32. The van der Waals surface area contributed by atoms with Gasteiger partial charge in [0.1, 0.15) is 5.82 Å². The van der Waals surface area contributed by atoms with Crippen molar-refractivity contribution in [2.24, 2.45) is 0 Å². The van der Waals surface area contributed by atoms with E-state index in [4.69, 9.17) is 0 Å². The fourth-order valence-electron chi connectivity index (χ4n) is 3.03. The minimum Gasteiger partial charge on any atom is -0.391 e. The molecule has 3 heterocycles. The Labute approximate surface area is 152 Å². The Morgan fingerprint density at radius 3 is 2.78 bits per heavy atom. The molecule has 2 aromatic heterocycles. The zero-order chi connectivity index (χ0) is 19.0. The molecular weight excluding hydrogens is 359 g/mol. The van der Waals surface area contributed by atoms with Gasteiger partial charge in [-0.15, -0.1) is 0 Å². The molecule has 1 aromatic carbocycles. The van der Waals surface area contributed by atoms with E-state index >= 15 is 0 Å². The number of benzene rings is 1. The monoisotopic (exact) mass is 375 g/mol. The van der Waals surface area contributed by atoms with E-state index in [9.17, 15) is 18.3 Å². The van der Waals surface area contributed by atoms with Crippen molar-refractivity contribution in [2.75, 3.05) is 23.3 Å². The number of aliphatic hydroxyl groups is 1. The maximum Gasteiger partial charge on any atom is 0.416 e. The van der Waals surface area contributed by atoms with Gasteiger partial charge in [0.05, 0.1) is 22.6 Å². The highest BCUT2D eigenvalue weighted by molar-refractivity contribution is 5.91. The van der Waals surface area contributed by atoms with E-state index in [1.54, 1.807) is 24.5 Å². The van der Waals surface area contributed by atoms with Crippen LogP contribution in [0.1, 0.15) is 12.0 Å². The van der Waals surface area contributed by atoms with Crippen molar-refractivity contribution in [1.29, 1.82) is 0 Å². The largest absolute Gasteiger partial charge is 0.416 e. The van der Waals surface area contributed by atoms with Crippen molar-refractivity contribution in [1.82, 2.24) is 15.0 Å². The van der Waals surface area contributed by atoms with Gasteiger partial charge in [0.25, 0.3) is 0 Å². The molecule has 1 aliphatic heterocycles. The number of rotatable bonds is 3. The number of anilines is 3. The van der Waals surface area contributed by atoms with E-state index in [0.29, 0.717) is 42.2 Å².